The number of anilines is 1. The van der Waals surface area contributed by atoms with Crippen LogP contribution in [0, 0.1) is 5.82 Å². The highest BCUT2D eigenvalue weighted by Crippen LogP contribution is 2.43. The fraction of sp³-hybridized carbons (Fsp3) is 0.167. The van der Waals surface area contributed by atoms with E-state index < -0.39 is 23.2 Å². The maximum atomic E-state index is 13.7. The number of ether oxygens (including phenoxy) is 2. The predicted molar refractivity (Wildman–Crippen MR) is 98.2 cm³/mol. The molecule has 1 unspecified atom stereocenters. The van der Waals surface area contributed by atoms with Gasteiger partial charge in [0, 0.05) is 17.5 Å². The van der Waals surface area contributed by atoms with Gasteiger partial charge >= 0.3 is 6.18 Å². The van der Waals surface area contributed by atoms with Crippen LogP contribution in [0.5, 0.6) is 11.5 Å². The lowest BCUT2D eigenvalue weighted by Crippen LogP contribution is -2.49. The topological polar surface area (TPSA) is 80.9 Å². The standard InChI is InChI=1S/C18H13ClF4N4O2/c19-11-6-10(2-3-12(11)20)26-16-25-7-15(18(21,22)23)17(24,27-16)9-1-4-13-14(5-9)29-8-28-13/h1-7H,8,24H2,(H2,25,26,27). The van der Waals surface area contributed by atoms with Crippen LogP contribution in [0.4, 0.5) is 23.2 Å². The molecule has 1 atom stereocenters. The van der Waals surface area contributed by atoms with Crippen LogP contribution >= 0.6 is 11.6 Å². The Hall–Kier alpha value is -2.98. The second-order valence-electron chi connectivity index (χ2n) is 6.25. The van der Waals surface area contributed by atoms with Crippen LogP contribution in [0.15, 0.2) is 53.2 Å². The van der Waals surface area contributed by atoms with Crippen molar-refractivity contribution in [1.82, 2.24) is 5.32 Å². The second-order valence-corrected chi connectivity index (χ2v) is 6.66. The Morgan fingerprint density at radius 2 is 1.90 bits per heavy atom. The maximum absolute atomic E-state index is 13.7. The molecule has 0 amide bonds. The zero-order valence-corrected chi connectivity index (χ0v) is 15.2. The number of guanidine groups is 1. The van der Waals surface area contributed by atoms with Crippen LogP contribution in [-0.2, 0) is 5.66 Å². The summed E-state index contributed by atoms with van der Waals surface area (Å²) in [4.78, 5) is 4.06. The lowest BCUT2D eigenvalue weighted by atomic mass is 9.91. The van der Waals surface area contributed by atoms with Gasteiger partial charge in [-0.15, -0.1) is 0 Å². The first-order valence-electron chi connectivity index (χ1n) is 8.22. The highest BCUT2D eigenvalue weighted by Gasteiger charge is 2.49. The third kappa shape index (κ3) is 3.56. The summed E-state index contributed by atoms with van der Waals surface area (Å²) in [6.45, 7) is -0.0404. The van der Waals surface area contributed by atoms with E-state index in [1.165, 1.54) is 30.3 Å². The highest BCUT2D eigenvalue weighted by atomic mass is 35.5. The minimum Gasteiger partial charge on any atom is -0.454 e. The fourth-order valence-electron chi connectivity index (χ4n) is 2.95. The molecule has 2 heterocycles. The summed E-state index contributed by atoms with van der Waals surface area (Å²) >= 11 is 5.73. The number of benzene rings is 2. The lowest BCUT2D eigenvalue weighted by Gasteiger charge is -2.34. The summed E-state index contributed by atoms with van der Waals surface area (Å²) < 4.78 is 64.7. The van der Waals surface area contributed by atoms with E-state index in [1.54, 1.807) is 0 Å². The van der Waals surface area contributed by atoms with Crippen molar-refractivity contribution in [2.24, 2.45) is 10.7 Å². The second kappa shape index (κ2) is 6.82. The van der Waals surface area contributed by atoms with Gasteiger partial charge in [0.25, 0.3) is 0 Å². The van der Waals surface area contributed by atoms with Crippen molar-refractivity contribution < 1.29 is 27.0 Å². The summed E-state index contributed by atoms with van der Waals surface area (Å²) in [6, 6.07) is 7.93. The summed E-state index contributed by atoms with van der Waals surface area (Å²) in [5.74, 6) is -0.0566. The van der Waals surface area contributed by atoms with Crippen molar-refractivity contribution in [3.05, 3.63) is 64.6 Å². The normalized spacial score (nSPS) is 20.6. The SMILES string of the molecule is NC1(c2ccc3c(c2)OCO3)N=C(Nc2ccc(F)c(Cl)c2)NC=C1C(F)(F)F. The third-order valence-corrected chi connectivity index (χ3v) is 4.64. The zero-order valence-electron chi connectivity index (χ0n) is 14.5. The predicted octanol–water partition coefficient (Wildman–Crippen LogP) is 3.84. The van der Waals surface area contributed by atoms with Gasteiger partial charge in [-0.05, 0) is 30.3 Å². The van der Waals surface area contributed by atoms with E-state index in [4.69, 9.17) is 26.8 Å². The van der Waals surface area contributed by atoms with Gasteiger partial charge in [-0.1, -0.05) is 17.7 Å². The molecule has 2 aliphatic heterocycles. The van der Waals surface area contributed by atoms with E-state index in [0.717, 1.165) is 12.3 Å². The number of nitrogens with one attached hydrogen (secondary N) is 2. The molecule has 0 radical (unpaired) electrons. The van der Waals surface area contributed by atoms with Gasteiger partial charge in [-0.25, -0.2) is 9.38 Å². The van der Waals surface area contributed by atoms with Crippen LogP contribution in [0.2, 0.25) is 5.02 Å². The van der Waals surface area contributed by atoms with Crippen LogP contribution < -0.4 is 25.8 Å². The molecule has 11 heteroatoms. The molecule has 152 valence electrons. The van der Waals surface area contributed by atoms with E-state index >= 15 is 0 Å². The summed E-state index contributed by atoms with van der Waals surface area (Å²) in [7, 11) is 0. The summed E-state index contributed by atoms with van der Waals surface area (Å²) in [6.07, 6.45) is -4.03. The quantitative estimate of drug-likeness (QED) is 0.633. The van der Waals surface area contributed by atoms with E-state index in [1.807, 2.05) is 0 Å². The molecule has 0 spiro atoms. The Bertz CT molecular complexity index is 1040. The van der Waals surface area contributed by atoms with E-state index in [-0.39, 0.29) is 29.1 Å². The van der Waals surface area contributed by atoms with Gasteiger partial charge < -0.3 is 20.1 Å². The number of hydrogen-bond acceptors (Lipinski definition) is 6. The Balaban J connectivity index is 1.74. The number of nitrogens with two attached hydrogens (primary N) is 1. The highest BCUT2D eigenvalue weighted by molar-refractivity contribution is 6.31. The summed E-state index contributed by atoms with van der Waals surface area (Å²) in [5, 5.41) is 5.00. The number of alkyl halides is 3. The van der Waals surface area contributed by atoms with Gasteiger partial charge in [0.05, 0.1) is 10.6 Å². The van der Waals surface area contributed by atoms with Crippen LogP contribution in [0.3, 0.4) is 0 Å². The van der Waals surface area contributed by atoms with Crippen molar-refractivity contribution >= 4 is 23.2 Å². The smallest absolute Gasteiger partial charge is 0.418 e. The monoisotopic (exact) mass is 428 g/mol. The first kappa shape index (κ1) is 19.3. The molecule has 2 aromatic carbocycles. The first-order chi connectivity index (χ1) is 13.7. The average Bonchev–Trinajstić information content (AvgIpc) is 3.11. The number of fused-ring (bicyclic) bond motifs is 1. The fourth-order valence-corrected chi connectivity index (χ4v) is 3.13. The largest absolute Gasteiger partial charge is 0.454 e. The first-order valence-corrected chi connectivity index (χ1v) is 8.60. The Labute approximate surface area is 167 Å². The van der Waals surface area contributed by atoms with Crippen molar-refractivity contribution in [2.45, 2.75) is 11.8 Å². The van der Waals surface area contributed by atoms with E-state index in [0.29, 0.717) is 11.4 Å². The van der Waals surface area contributed by atoms with Crippen LogP contribution in [0.25, 0.3) is 0 Å². The van der Waals surface area contributed by atoms with Gasteiger partial charge in [0.15, 0.2) is 17.2 Å². The van der Waals surface area contributed by atoms with Crippen LogP contribution in [-0.4, -0.2) is 18.9 Å². The molecule has 2 aliphatic rings. The third-order valence-electron chi connectivity index (χ3n) is 4.35. The Morgan fingerprint density at radius 1 is 1.14 bits per heavy atom. The Morgan fingerprint density at radius 3 is 2.62 bits per heavy atom. The van der Waals surface area contributed by atoms with Gasteiger partial charge in [0.1, 0.15) is 5.82 Å². The van der Waals surface area contributed by atoms with Crippen molar-refractivity contribution in [1.29, 1.82) is 0 Å². The van der Waals surface area contributed by atoms with Crippen LogP contribution in [0.1, 0.15) is 5.56 Å². The zero-order chi connectivity index (χ0) is 20.8. The maximum Gasteiger partial charge on any atom is 0.418 e. The van der Waals surface area contributed by atoms with Crippen molar-refractivity contribution in [3.63, 3.8) is 0 Å². The molecular weight excluding hydrogens is 416 g/mol. The molecule has 0 saturated heterocycles. The molecule has 0 bridgehead atoms. The molecule has 0 fully saturated rings. The molecule has 2 aromatic rings. The average molecular weight is 429 g/mol. The molecule has 4 N–H and O–H groups in total. The minimum atomic E-state index is -4.76. The number of rotatable bonds is 2. The van der Waals surface area contributed by atoms with Crippen molar-refractivity contribution in [2.75, 3.05) is 12.1 Å². The molecule has 6 nitrogen and oxygen atoms in total. The molecular formula is C18H13ClF4N4O2. The molecule has 29 heavy (non-hydrogen) atoms. The molecule has 0 aliphatic carbocycles. The molecule has 0 saturated carbocycles. The van der Waals surface area contributed by atoms with E-state index in [9.17, 15) is 17.6 Å². The number of halogens is 5. The molecule has 4 rings (SSSR count). The number of hydrogen-bond donors (Lipinski definition) is 3. The molecule has 0 aromatic heterocycles. The number of aliphatic imine (C=N–C) groups is 1. The van der Waals surface area contributed by atoms with E-state index in [2.05, 4.69) is 15.6 Å². The summed E-state index contributed by atoms with van der Waals surface area (Å²) in [5.41, 5.74) is 3.14. The minimum absolute atomic E-state index is 0.0404. The van der Waals surface area contributed by atoms with Gasteiger partial charge in [-0.3, -0.25) is 5.73 Å². The van der Waals surface area contributed by atoms with Crippen molar-refractivity contribution in [3.8, 4) is 11.5 Å². The Kier molecular flexibility index (Phi) is 4.55. The van der Waals surface area contributed by atoms with Gasteiger partial charge in [-0.2, -0.15) is 13.2 Å². The lowest BCUT2D eigenvalue weighted by molar-refractivity contribution is -0.102. The van der Waals surface area contributed by atoms with Gasteiger partial charge in [0.2, 0.25) is 12.8 Å². The number of nitrogens with zero attached hydrogens (tertiary/aromatic N) is 1.